The molecule has 0 aromatic rings. The zero-order valence-corrected chi connectivity index (χ0v) is 7.60. The third-order valence-corrected chi connectivity index (χ3v) is 3.05. The van der Waals surface area contributed by atoms with Gasteiger partial charge in [-0.15, -0.1) is 0 Å². The van der Waals surface area contributed by atoms with Crippen LogP contribution in [-0.4, -0.2) is 37.5 Å². The van der Waals surface area contributed by atoms with E-state index in [0.29, 0.717) is 0 Å². The van der Waals surface area contributed by atoms with E-state index in [1.54, 1.807) is 0 Å². The lowest BCUT2D eigenvalue weighted by atomic mass is 9.79. The maximum absolute atomic E-state index is 11.1. The molecule has 0 unspecified atom stereocenters. The largest absolute Gasteiger partial charge is 0.355 e. The Labute approximate surface area is 73.1 Å². The van der Waals surface area contributed by atoms with Gasteiger partial charge in [0.15, 0.2) is 0 Å². The topological polar surface area (TPSA) is 32.3 Å². The van der Waals surface area contributed by atoms with E-state index in [2.05, 4.69) is 17.3 Å². The zero-order valence-electron chi connectivity index (χ0n) is 7.60. The van der Waals surface area contributed by atoms with E-state index >= 15 is 0 Å². The molecule has 1 amide bonds. The zero-order chi connectivity index (χ0) is 8.60. The van der Waals surface area contributed by atoms with Crippen molar-refractivity contribution in [1.29, 1.82) is 0 Å². The number of likely N-dealkylation sites (tertiary alicyclic amines) is 1. The van der Waals surface area contributed by atoms with E-state index in [1.807, 2.05) is 0 Å². The fourth-order valence-corrected chi connectivity index (χ4v) is 2.49. The van der Waals surface area contributed by atoms with Crippen LogP contribution in [0, 0.1) is 5.41 Å². The minimum Gasteiger partial charge on any atom is -0.355 e. The molecule has 0 bridgehead atoms. The number of amides is 1. The second-order valence-corrected chi connectivity index (χ2v) is 4.29. The highest BCUT2D eigenvalue weighted by Crippen LogP contribution is 2.35. The number of carbonyl (C=O) groups excluding carboxylic acids is 1. The third kappa shape index (κ3) is 1.33. The maximum Gasteiger partial charge on any atom is 0.220 e. The molecule has 68 valence electrons. The van der Waals surface area contributed by atoms with Crippen molar-refractivity contribution >= 4 is 5.91 Å². The van der Waals surface area contributed by atoms with Crippen LogP contribution >= 0.6 is 0 Å². The number of piperidine rings is 1. The summed E-state index contributed by atoms with van der Waals surface area (Å²) in [6, 6.07) is 0. The number of nitrogens with one attached hydrogen (secondary N) is 1. The lowest BCUT2D eigenvalue weighted by molar-refractivity contribution is -0.119. The highest BCUT2D eigenvalue weighted by atomic mass is 16.1. The molecule has 0 aromatic heterocycles. The Morgan fingerprint density at radius 1 is 1.58 bits per heavy atom. The summed E-state index contributed by atoms with van der Waals surface area (Å²) in [4.78, 5) is 13.4. The molecule has 1 atom stereocenters. The standard InChI is InChI=1S/C9H16N2O/c1-11-4-2-3-9(7-11)5-8(12)10-6-9/h2-7H2,1H3,(H,10,12)/t9-/m1/s1. The lowest BCUT2D eigenvalue weighted by Gasteiger charge is -2.37. The highest BCUT2D eigenvalue weighted by molar-refractivity contribution is 5.79. The molecule has 2 heterocycles. The van der Waals surface area contributed by atoms with Crippen molar-refractivity contribution in [3.05, 3.63) is 0 Å². The van der Waals surface area contributed by atoms with Crippen molar-refractivity contribution in [1.82, 2.24) is 10.2 Å². The SMILES string of the molecule is CN1CCC[C@@]2(CNC(=O)C2)C1. The Morgan fingerprint density at radius 2 is 2.42 bits per heavy atom. The predicted molar refractivity (Wildman–Crippen MR) is 46.8 cm³/mol. The average molecular weight is 168 g/mol. The molecule has 0 aliphatic carbocycles. The minimum absolute atomic E-state index is 0.241. The summed E-state index contributed by atoms with van der Waals surface area (Å²) in [6.07, 6.45) is 3.21. The van der Waals surface area contributed by atoms with Crippen LogP contribution < -0.4 is 5.32 Å². The average Bonchev–Trinajstić information content (AvgIpc) is 2.32. The molecule has 2 aliphatic heterocycles. The van der Waals surface area contributed by atoms with Gasteiger partial charge in [0.25, 0.3) is 0 Å². The first-order valence-corrected chi connectivity index (χ1v) is 4.66. The second kappa shape index (κ2) is 2.73. The van der Waals surface area contributed by atoms with Crippen molar-refractivity contribution in [3.63, 3.8) is 0 Å². The fourth-order valence-electron chi connectivity index (χ4n) is 2.49. The molecule has 2 rings (SSSR count). The first-order valence-electron chi connectivity index (χ1n) is 4.66. The molecule has 2 fully saturated rings. The van der Waals surface area contributed by atoms with Crippen molar-refractivity contribution in [2.24, 2.45) is 5.41 Å². The maximum atomic E-state index is 11.1. The first kappa shape index (κ1) is 8.05. The normalized spacial score (nSPS) is 37.2. The van der Waals surface area contributed by atoms with E-state index in [0.717, 1.165) is 19.5 Å². The molecule has 2 aliphatic rings. The molecule has 3 heteroatoms. The van der Waals surface area contributed by atoms with Gasteiger partial charge in [0.1, 0.15) is 0 Å². The van der Waals surface area contributed by atoms with E-state index in [9.17, 15) is 4.79 Å². The monoisotopic (exact) mass is 168 g/mol. The fraction of sp³-hybridized carbons (Fsp3) is 0.889. The molecule has 1 spiro atoms. The molecule has 12 heavy (non-hydrogen) atoms. The van der Waals surface area contributed by atoms with Gasteiger partial charge in [-0.05, 0) is 26.4 Å². The van der Waals surface area contributed by atoms with E-state index in [1.165, 1.54) is 19.4 Å². The van der Waals surface area contributed by atoms with Crippen molar-refractivity contribution in [2.45, 2.75) is 19.3 Å². The number of rotatable bonds is 0. The van der Waals surface area contributed by atoms with Crippen LogP contribution in [0.1, 0.15) is 19.3 Å². The Kier molecular flexibility index (Phi) is 1.83. The van der Waals surface area contributed by atoms with Gasteiger partial charge < -0.3 is 10.2 Å². The molecular formula is C9H16N2O. The summed E-state index contributed by atoms with van der Waals surface area (Å²) in [5, 5.41) is 2.94. The molecule has 2 saturated heterocycles. The minimum atomic E-state index is 0.241. The van der Waals surface area contributed by atoms with E-state index in [-0.39, 0.29) is 11.3 Å². The molecule has 0 aromatic carbocycles. The van der Waals surface area contributed by atoms with Crippen LogP contribution in [0.2, 0.25) is 0 Å². The van der Waals surface area contributed by atoms with Crippen LogP contribution in [0.3, 0.4) is 0 Å². The Morgan fingerprint density at radius 3 is 3.00 bits per heavy atom. The van der Waals surface area contributed by atoms with Crippen molar-refractivity contribution in [2.75, 3.05) is 26.7 Å². The van der Waals surface area contributed by atoms with E-state index < -0.39 is 0 Å². The van der Waals surface area contributed by atoms with Gasteiger partial charge >= 0.3 is 0 Å². The number of hydrogen-bond donors (Lipinski definition) is 1. The quantitative estimate of drug-likeness (QED) is 0.561. The molecule has 0 saturated carbocycles. The summed E-state index contributed by atoms with van der Waals surface area (Å²) in [6.45, 7) is 3.18. The van der Waals surface area contributed by atoms with Gasteiger partial charge in [-0.3, -0.25) is 4.79 Å². The van der Waals surface area contributed by atoms with Crippen LogP contribution in [-0.2, 0) is 4.79 Å². The van der Waals surface area contributed by atoms with Gasteiger partial charge in [-0.25, -0.2) is 0 Å². The van der Waals surface area contributed by atoms with Gasteiger partial charge in [0.05, 0.1) is 0 Å². The third-order valence-electron chi connectivity index (χ3n) is 3.05. The van der Waals surface area contributed by atoms with Crippen LogP contribution in [0.4, 0.5) is 0 Å². The number of carbonyl (C=O) groups is 1. The molecule has 0 radical (unpaired) electrons. The Hall–Kier alpha value is -0.570. The van der Waals surface area contributed by atoms with Crippen molar-refractivity contribution in [3.8, 4) is 0 Å². The Bertz CT molecular complexity index is 205. The van der Waals surface area contributed by atoms with Gasteiger partial charge in [0, 0.05) is 24.9 Å². The summed E-state index contributed by atoms with van der Waals surface area (Å²) in [5.41, 5.74) is 0.282. The lowest BCUT2D eigenvalue weighted by Crippen LogP contribution is -2.42. The first-order chi connectivity index (χ1) is 5.70. The second-order valence-electron chi connectivity index (χ2n) is 4.29. The van der Waals surface area contributed by atoms with E-state index in [4.69, 9.17) is 0 Å². The number of nitrogens with zero attached hydrogens (tertiary/aromatic N) is 1. The summed E-state index contributed by atoms with van der Waals surface area (Å²) >= 11 is 0. The molecular weight excluding hydrogens is 152 g/mol. The molecule has 1 N–H and O–H groups in total. The van der Waals surface area contributed by atoms with Gasteiger partial charge in [0.2, 0.25) is 5.91 Å². The summed E-state index contributed by atoms with van der Waals surface area (Å²) < 4.78 is 0. The Balaban J connectivity index is 2.05. The summed E-state index contributed by atoms with van der Waals surface area (Å²) in [7, 11) is 2.14. The number of hydrogen-bond acceptors (Lipinski definition) is 2. The van der Waals surface area contributed by atoms with Crippen molar-refractivity contribution < 1.29 is 4.79 Å². The van der Waals surface area contributed by atoms with Crippen LogP contribution in [0.25, 0.3) is 0 Å². The van der Waals surface area contributed by atoms with Crippen LogP contribution in [0.5, 0.6) is 0 Å². The van der Waals surface area contributed by atoms with Crippen LogP contribution in [0.15, 0.2) is 0 Å². The molecule has 3 nitrogen and oxygen atoms in total. The van der Waals surface area contributed by atoms with Gasteiger partial charge in [-0.2, -0.15) is 0 Å². The van der Waals surface area contributed by atoms with Gasteiger partial charge in [-0.1, -0.05) is 0 Å². The summed E-state index contributed by atoms with van der Waals surface area (Å²) in [5.74, 6) is 0.241. The smallest absolute Gasteiger partial charge is 0.220 e. The predicted octanol–water partition coefficient (Wildman–Crippen LogP) is 0.218. The highest BCUT2D eigenvalue weighted by Gasteiger charge is 2.40.